The van der Waals surface area contributed by atoms with Crippen molar-refractivity contribution in [3.63, 3.8) is 0 Å². The molecule has 6 rings (SSSR count). The molecule has 0 radical (unpaired) electrons. The summed E-state index contributed by atoms with van der Waals surface area (Å²) in [6.45, 7) is 1.92. The average molecular weight is 631 g/mol. The summed E-state index contributed by atoms with van der Waals surface area (Å²) in [5.41, 5.74) is 4.35. The van der Waals surface area contributed by atoms with Crippen molar-refractivity contribution in [2.75, 3.05) is 11.6 Å². The fourth-order valence-corrected chi connectivity index (χ4v) is 5.45. The number of carbonyl (C=O) groups is 1. The molecule has 6 aromatic rings. The van der Waals surface area contributed by atoms with Crippen LogP contribution in [0.2, 0.25) is 0 Å². The molecule has 4 heterocycles. The fourth-order valence-electron chi connectivity index (χ4n) is 5.02. The topological polar surface area (TPSA) is 158 Å². The molecule has 14 heteroatoms. The van der Waals surface area contributed by atoms with E-state index in [9.17, 15) is 17.6 Å². The summed E-state index contributed by atoms with van der Waals surface area (Å²) in [5, 5.41) is 10.3. The van der Waals surface area contributed by atoms with Crippen molar-refractivity contribution in [3.05, 3.63) is 78.3 Å². The number of rotatable bonds is 10. The van der Waals surface area contributed by atoms with Crippen molar-refractivity contribution >= 4 is 43.6 Å². The Labute approximate surface area is 256 Å². The van der Waals surface area contributed by atoms with Gasteiger partial charge in [0.2, 0.25) is 15.9 Å². The molecule has 0 aliphatic carbocycles. The predicted octanol–water partition coefficient (Wildman–Crippen LogP) is 5.69. The van der Waals surface area contributed by atoms with Crippen LogP contribution in [0.25, 0.3) is 55.8 Å². The SMILES string of the molecule is CCCCC(=O)Nc1cncc(-c2cc(F)c3n[nH]c(-c4nc5c(-c6cc(F)cc(CNS(C)(=O)=O)c6)nccc5[nH]4)c3c2)c1. The van der Waals surface area contributed by atoms with Crippen molar-refractivity contribution in [2.45, 2.75) is 32.7 Å². The molecule has 4 aromatic heterocycles. The van der Waals surface area contributed by atoms with Gasteiger partial charge in [-0.3, -0.25) is 19.9 Å². The number of hydrogen-bond donors (Lipinski definition) is 4. The number of H-pyrrole nitrogens is 2. The van der Waals surface area contributed by atoms with Crippen LogP contribution in [0, 0.1) is 11.6 Å². The Hall–Kier alpha value is -5.08. The standard InChI is InChI=1S/C31H28F2N8O3S/c1-3-4-5-26(42)37-22-11-20(15-34-16-22)18-12-23-28(24(33)13-18)40-41-29(23)31-38-25-6-7-35-27(30(25)39-31)19-8-17(9-21(32)10-19)14-36-45(2,43)44/h6-13,15-16,36H,3-5,14H2,1-2H3,(H,37,42)(H,38,39)(H,40,41). The number of unbranched alkanes of at least 4 members (excludes halogenated alkanes) is 1. The van der Waals surface area contributed by atoms with Gasteiger partial charge in [-0.15, -0.1) is 0 Å². The predicted molar refractivity (Wildman–Crippen MR) is 167 cm³/mol. The summed E-state index contributed by atoms with van der Waals surface area (Å²) < 4.78 is 55.4. The summed E-state index contributed by atoms with van der Waals surface area (Å²) in [4.78, 5) is 28.8. The molecule has 1 amide bonds. The van der Waals surface area contributed by atoms with Crippen LogP contribution in [-0.2, 0) is 21.4 Å². The lowest BCUT2D eigenvalue weighted by atomic mass is 10.0. The van der Waals surface area contributed by atoms with Crippen LogP contribution in [0.1, 0.15) is 31.7 Å². The van der Waals surface area contributed by atoms with Crippen molar-refractivity contribution in [3.8, 4) is 33.9 Å². The van der Waals surface area contributed by atoms with Gasteiger partial charge in [-0.2, -0.15) is 5.10 Å². The van der Waals surface area contributed by atoms with Crippen LogP contribution in [0.3, 0.4) is 0 Å². The van der Waals surface area contributed by atoms with Crippen molar-refractivity contribution in [2.24, 2.45) is 0 Å². The van der Waals surface area contributed by atoms with Gasteiger partial charge in [0.1, 0.15) is 22.5 Å². The molecule has 230 valence electrons. The largest absolute Gasteiger partial charge is 0.337 e. The molecule has 0 fully saturated rings. The molecular formula is C31H28F2N8O3S. The highest BCUT2D eigenvalue weighted by molar-refractivity contribution is 7.88. The zero-order valence-corrected chi connectivity index (χ0v) is 25.1. The van der Waals surface area contributed by atoms with E-state index in [0.717, 1.165) is 19.1 Å². The lowest BCUT2D eigenvalue weighted by Crippen LogP contribution is -2.21. The highest BCUT2D eigenvalue weighted by Crippen LogP contribution is 2.34. The van der Waals surface area contributed by atoms with E-state index in [0.29, 0.717) is 68.0 Å². The number of benzene rings is 2. The Balaban J connectivity index is 1.38. The first kappa shape index (κ1) is 30.0. The number of pyridine rings is 2. The molecular weight excluding hydrogens is 602 g/mol. The number of hydrogen-bond acceptors (Lipinski definition) is 7. The third-order valence-electron chi connectivity index (χ3n) is 7.13. The van der Waals surface area contributed by atoms with Gasteiger partial charge < -0.3 is 10.3 Å². The number of nitrogens with one attached hydrogen (secondary N) is 4. The fraction of sp³-hybridized carbons (Fsp3) is 0.194. The Morgan fingerprint density at radius 2 is 1.84 bits per heavy atom. The maximum absolute atomic E-state index is 15.3. The van der Waals surface area contributed by atoms with E-state index in [1.54, 1.807) is 36.7 Å². The van der Waals surface area contributed by atoms with Gasteiger partial charge in [0, 0.05) is 41.9 Å². The monoisotopic (exact) mass is 630 g/mol. The van der Waals surface area contributed by atoms with E-state index in [-0.39, 0.29) is 18.0 Å². The molecule has 0 saturated heterocycles. The van der Waals surface area contributed by atoms with Crippen LogP contribution in [0.4, 0.5) is 14.5 Å². The molecule has 0 aliphatic heterocycles. The number of anilines is 1. The summed E-state index contributed by atoms with van der Waals surface area (Å²) in [6.07, 6.45) is 7.76. The van der Waals surface area contributed by atoms with Gasteiger partial charge in [0.05, 0.1) is 29.4 Å². The molecule has 0 spiro atoms. The van der Waals surface area contributed by atoms with Crippen LogP contribution in [-0.4, -0.2) is 50.7 Å². The van der Waals surface area contributed by atoms with Gasteiger partial charge in [0.15, 0.2) is 11.6 Å². The number of aromatic amines is 2. The minimum absolute atomic E-state index is 0.0942. The molecule has 0 unspecified atom stereocenters. The number of fused-ring (bicyclic) bond motifs is 2. The van der Waals surface area contributed by atoms with Gasteiger partial charge in [-0.05, 0) is 60.0 Å². The number of imidazole rings is 1. The van der Waals surface area contributed by atoms with Crippen molar-refractivity contribution < 1.29 is 22.0 Å². The minimum Gasteiger partial charge on any atom is -0.337 e. The van der Waals surface area contributed by atoms with E-state index in [2.05, 4.69) is 35.2 Å². The van der Waals surface area contributed by atoms with Crippen LogP contribution < -0.4 is 10.0 Å². The highest BCUT2D eigenvalue weighted by atomic mass is 32.2. The van der Waals surface area contributed by atoms with E-state index >= 15 is 4.39 Å². The second-order valence-corrected chi connectivity index (χ2v) is 12.5. The molecule has 0 saturated carbocycles. The molecule has 0 atom stereocenters. The highest BCUT2D eigenvalue weighted by Gasteiger charge is 2.19. The third-order valence-corrected chi connectivity index (χ3v) is 7.80. The minimum atomic E-state index is -3.48. The molecule has 0 bridgehead atoms. The zero-order chi connectivity index (χ0) is 31.7. The average Bonchev–Trinajstić information content (AvgIpc) is 3.63. The maximum Gasteiger partial charge on any atom is 0.224 e. The van der Waals surface area contributed by atoms with Crippen molar-refractivity contribution in [1.82, 2.24) is 34.9 Å². The van der Waals surface area contributed by atoms with E-state index in [4.69, 9.17) is 4.98 Å². The summed E-state index contributed by atoms with van der Waals surface area (Å²) >= 11 is 0. The molecule has 2 aromatic carbocycles. The third kappa shape index (κ3) is 6.56. The van der Waals surface area contributed by atoms with Crippen LogP contribution in [0.5, 0.6) is 0 Å². The smallest absolute Gasteiger partial charge is 0.224 e. The molecule has 11 nitrogen and oxygen atoms in total. The lowest BCUT2D eigenvalue weighted by Gasteiger charge is -2.08. The van der Waals surface area contributed by atoms with Crippen LogP contribution >= 0.6 is 0 Å². The number of carbonyl (C=O) groups excluding carboxylic acids is 1. The number of halogens is 2. The second-order valence-electron chi connectivity index (χ2n) is 10.6. The summed E-state index contributed by atoms with van der Waals surface area (Å²) in [5.74, 6) is -0.887. The Kier molecular flexibility index (Phi) is 8.08. The van der Waals surface area contributed by atoms with Gasteiger partial charge in [0.25, 0.3) is 0 Å². The molecule has 45 heavy (non-hydrogen) atoms. The van der Waals surface area contributed by atoms with E-state index in [1.807, 2.05) is 6.92 Å². The maximum atomic E-state index is 15.3. The first-order chi connectivity index (χ1) is 21.6. The van der Waals surface area contributed by atoms with Crippen molar-refractivity contribution in [1.29, 1.82) is 0 Å². The van der Waals surface area contributed by atoms with Gasteiger partial charge in [-0.25, -0.2) is 26.9 Å². The normalized spacial score (nSPS) is 11.8. The van der Waals surface area contributed by atoms with Gasteiger partial charge >= 0.3 is 0 Å². The first-order valence-corrected chi connectivity index (χ1v) is 16.0. The zero-order valence-electron chi connectivity index (χ0n) is 24.3. The summed E-state index contributed by atoms with van der Waals surface area (Å²) in [7, 11) is -3.48. The Morgan fingerprint density at radius 1 is 1.00 bits per heavy atom. The number of amides is 1. The Morgan fingerprint density at radius 3 is 2.64 bits per heavy atom. The lowest BCUT2D eigenvalue weighted by molar-refractivity contribution is -0.116. The number of nitrogens with zero attached hydrogens (tertiary/aromatic N) is 4. The van der Waals surface area contributed by atoms with E-state index < -0.39 is 21.7 Å². The molecule has 0 aliphatic rings. The van der Waals surface area contributed by atoms with E-state index in [1.165, 1.54) is 24.4 Å². The van der Waals surface area contributed by atoms with Gasteiger partial charge in [-0.1, -0.05) is 13.3 Å². The summed E-state index contributed by atoms with van der Waals surface area (Å²) in [6, 6.07) is 10.7. The number of aromatic nitrogens is 6. The van der Waals surface area contributed by atoms with Crippen LogP contribution in [0.15, 0.2) is 61.1 Å². The number of sulfonamides is 1. The Bertz CT molecular complexity index is 2180. The first-order valence-electron chi connectivity index (χ1n) is 14.1. The molecule has 4 N–H and O–H groups in total. The quantitative estimate of drug-likeness (QED) is 0.151. The second kappa shape index (κ2) is 12.1.